The summed E-state index contributed by atoms with van der Waals surface area (Å²) in [6.45, 7) is 7.93. The Morgan fingerprint density at radius 1 is 1.19 bits per heavy atom. The van der Waals surface area contributed by atoms with Gasteiger partial charge >= 0.3 is 6.01 Å². The lowest BCUT2D eigenvalue weighted by Gasteiger charge is -2.35. The number of fused-ring (bicyclic) bond motifs is 2. The van der Waals surface area contributed by atoms with Crippen LogP contribution in [0, 0.1) is 5.82 Å². The van der Waals surface area contributed by atoms with Crippen molar-refractivity contribution in [1.29, 1.82) is 0 Å². The molecule has 1 aliphatic rings. The summed E-state index contributed by atoms with van der Waals surface area (Å²) in [6.07, 6.45) is 3.53. The summed E-state index contributed by atoms with van der Waals surface area (Å²) in [4.78, 5) is 29.3. The normalized spacial score (nSPS) is 13.8. The zero-order valence-corrected chi connectivity index (χ0v) is 21.3. The van der Waals surface area contributed by atoms with Gasteiger partial charge < -0.3 is 19.3 Å². The van der Waals surface area contributed by atoms with Gasteiger partial charge in [0.05, 0.1) is 29.1 Å². The number of carbonyl (C=O) groups is 1. The van der Waals surface area contributed by atoms with Crippen LogP contribution in [-0.2, 0) is 4.79 Å². The highest BCUT2D eigenvalue weighted by Crippen LogP contribution is 2.41. The largest absolute Gasteiger partial charge is 0.463 e. The van der Waals surface area contributed by atoms with Crippen molar-refractivity contribution in [3.8, 4) is 17.6 Å². The van der Waals surface area contributed by atoms with E-state index in [4.69, 9.17) is 32.7 Å². The fourth-order valence-corrected chi connectivity index (χ4v) is 4.45. The predicted molar refractivity (Wildman–Crippen MR) is 138 cm³/mol. The van der Waals surface area contributed by atoms with Crippen molar-refractivity contribution in [3.05, 3.63) is 47.0 Å². The van der Waals surface area contributed by atoms with E-state index in [9.17, 15) is 9.18 Å². The molecule has 4 heterocycles. The van der Waals surface area contributed by atoms with E-state index in [0.29, 0.717) is 60.4 Å². The molecular formula is C24H22Cl2FN7O3. The van der Waals surface area contributed by atoms with Crippen LogP contribution in [0.15, 0.2) is 31.0 Å². The summed E-state index contributed by atoms with van der Waals surface area (Å²) in [5, 5.41) is 7.55. The standard InChI is InChI=1S/C24H22Cl2FN7O3/c1-3-9-36-24-30-20-13(22(31-24)34-7-5-33(6-8-34)18(35)4-2)10-17(25)29-23(20)37-21-14-12-28-32-16(14)11-15(27)19(21)26/h4,10-12H,2-3,5-9H2,1H3,(H,28,32). The van der Waals surface area contributed by atoms with Gasteiger partial charge in [-0.2, -0.15) is 20.1 Å². The van der Waals surface area contributed by atoms with E-state index < -0.39 is 5.82 Å². The molecule has 1 N–H and O–H groups in total. The molecule has 5 rings (SSSR count). The van der Waals surface area contributed by atoms with Gasteiger partial charge in [-0.05, 0) is 18.6 Å². The molecule has 1 aliphatic heterocycles. The van der Waals surface area contributed by atoms with E-state index >= 15 is 0 Å². The Balaban J connectivity index is 1.62. The second-order valence-electron chi connectivity index (χ2n) is 8.28. The molecule has 10 nitrogen and oxygen atoms in total. The average molecular weight is 546 g/mol. The van der Waals surface area contributed by atoms with E-state index in [1.807, 2.05) is 11.8 Å². The molecule has 13 heteroatoms. The molecule has 0 atom stereocenters. The molecule has 0 unspecified atom stereocenters. The Bertz CT molecular complexity index is 1510. The fraction of sp³-hybridized carbons (Fsp3) is 0.292. The van der Waals surface area contributed by atoms with Crippen LogP contribution in [0.3, 0.4) is 0 Å². The number of aromatic amines is 1. The van der Waals surface area contributed by atoms with Gasteiger partial charge in [0.2, 0.25) is 11.8 Å². The number of amides is 1. The monoisotopic (exact) mass is 545 g/mol. The summed E-state index contributed by atoms with van der Waals surface area (Å²) in [5.74, 6) is -0.236. The van der Waals surface area contributed by atoms with Crippen LogP contribution < -0.4 is 14.4 Å². The number of nitrogens with one attached hydrogen (secondary N) is 1. The fourth-order valence-electron chi connectivity index (χ4n) is 4.07. The SMILES string of the molecule is C=CC(=O)N1CCN(c2nc(OCCC)nc3c(Oc4c(Cl)c(F)cc5[nH]ncc45)nc(Cl)cc23)CC1. The number of nitrogens with zero attached hydrogens (tertiary/aromatic N) is 6. The molecule has 0 bridgehead atoms. The van der Waals surface area contributed by atoms with E-state index in [-0.39, 0.29) is 33.7 Å². The lowest BCUT2D eigenvalue weighted by atomic mass is 10.2. The highest BCUT2D eigenvalue weighted by atomic mass is 35.5. The van der Waals surface area contributed by atoms with Crippen molar-refractivity contribution in [2.24, 2.45) is 0 Å². The highest BCUT2D eigenvalue weighted by molar-refractivity contribution is 6.33. The van der Waals surface area contributed by atoms with Crippen LogP contribution in [0.2, 0.25) is 10.2 Å². The number of piperazine rings is 1. The lowest BCUT2D eigenvalue weighted by molar-refractivity contribution is -0.126. The second-order valence-corrected chi connectivity index (χ2v) is 9.04. The number of aromatic nitrogens is 5. The van der Waals surface area contributed by atoms with Crippen LogP contribution in [-0.4, -0.2) is 68.7 Å². The van der Waals surface area contributed by atoms with Gasteiger partial charge in [0.1, 0.15) is 27.3 Å². The molecule has 1 fully saturated rings. The maximum absolute atomic E-state index is 14.5. The molecule has 37 heavy (non-hydrogen) atoms. The van der Waals surface area contributed by atoms with Crippen molar-refractivity contribution >= 4 is 56.7 Å². The Kier molecular flexibility index (Phi) is 6.98. The molecule has 192 valence electrons. The maximum Gasteiger partial charge on any atom is 0.319 e. The Hall–Kier alpha value is -3.70. The number of rotatable bonds is 7. The van der Waals surface area contributed by atoms with Gasteiger partial charge in [0.25, 0.3) is 0 Å². The molecule has 0 saturated carbocycles. The first-order chi connectivity index (χ1) is 17.9. The number of hydrogen-bond donors (Lipinski definition) is 1. The van der Waals surface area contributed by atoms with E-state index in [0.717, 1.165) is 6.42 Å². The van der Waals surface area contributed by atoms with Gasteiger partial charge in [0, 0.05) is 32.2 Å². The zero-order chi connectivity index (χ0) is 26.1. The third kappa shape index (κ3) is 4.84. The van der Waals surface area contributed by atoms with Crippen molar-refractivity contribution in [2.75, 3.05) is 37.7 Å². The molecule has 0 aliphatic carbocycles. The average Bonchev–Trinajstić information content (AvgIpc) is 3.37. The maximum atomic E-state index is 14.5. The molecule has 1 aromatic carbocycles. The van der Waals surface area contributed by atoms with Crippen LogP contribution in [0.5, 0.6) is 17.6 Å². The zero-order valence-electron chi connectivity index (χ0n) is 19.8. The number of carbonyl (C=O) groups excluding carboxylic acids is 1. The third-order valence-electron chi connectivity index (χ3n) is 5.87. The van der Waals surface area contributed by atoms with Crippen molar-refractivity contribution in [1.82, 2.24) is 30.0 Å². The predicted octanol–water partition coefficient (Wildman–Crippen LogP) is 4.76. The highest BCUT2D eigenvalue weighted by Gasteiger charge is 2.26. The number of ether oxygens (including phenoxy) is 2. The van der Waals surface area contributed by atoms with Crippen LogP contribution >= 0.6 is 23.2 Å². The van der Waals surface area contributed by atoms with Crippen LogP contribution in [0.25, 0.3) is 21.8 Å². The number of pyridine rings is 1. The summed E-state index contributed by atoms with van der Waals surface area (Å²) in [5.41, 5.74) is 0.708. The minimum absolute atomic E-state index is 0.00275. The Labute approximate surface area is 221 Å². The number of hydrogen-bond acceptors (Lipinski definition) is 8. The Morgan fingerprint density at radius 2 is 1.97 bits per heavy atom. The van der Waals surface area contributed by atoms with Crippen molar-refractivity contribution < 1.29 is 18.7 Å². The second kappa shape index (κ2) is 10.3. The van der Waals surface area contributed by atoms with Gasteiger partial charge in [0.15, 0.2) is 5.75 Å². The van der Waals surface area contributed by atoms with E-state index in [1.54, 1.807) is 11.0 Å². The minimum Gasteiger partial charge on any atom is -0.463 e. The third-order valence-corrected chi connectivity index (χ3v) is 6.42. The lowest BCUT2D eigenvalue weighted by Crippen LogP contribution is -2.48. The molecule has 1 amide bonds. The Morgan fingerprint density at radius 3 is 2.70 bits per heavy atom. The topological polar surface area (TPSA) is 109 Å². The molecule has 0 radical (unpaired) electrons. The van der Waals surface area contributed by atoms with Crippen LogP contribution in [0.4, 0.5) is 10.2 Å². The molecule has 3 aromatic heterocycles. The van der Waals surface area contributed by atoms with Gasteiger partial charge in [-0.15, -0.1) is 0 Å². The van der Waals surface area contributed by atoms with Crippen molar-refractivity contribution in [2.45, 2.75) is 13.3 Å². The van der Waals surface area contributed by atoms with Crippen LogP contribution in [0.1, 0.15) is 13.3 Å². The van der Waals surface area contributed by atoms with Crippen molar-refractivity contribution in [3.63, 3.8) is 0 Å². The number of halogens is 3. The van der Waals surface area contributed by atoms with E-state index in [2.05, 4.69) is 31.7 Å². The number of anilines is 1. The molecular weight excluding hydrogens is 524 g/mol. The van der Waals surface area contributed by atoms with E-state index in [1.165, 1.54) is 18.3 Å². The molecule has 4 aromatic rings. The number of H-pyrrole nitrogens is 1. The summed E-state index contributed by atoms with van der Waals surface area (Å²) >= 11 is 12.7. The van der Waals surface area contributed by atoms with Gasteiger partial charge in [-0.25, -0.2) is 4.39 Å². The quantitative estimate of drug-likeness (QED) is 0.261. The van der Waals surface area contributed by atoms with Gasteiger partial charge in [-0.3, -0.25) is 9.89 Å². The first-order valence-corrected chi connectivity index (χ1v) is 12.3. The first kappa shape index (κ1) is 25.0. The molecule has 1 saturated heterocycles. The summed E-state index contributed by atoms with van der Waals surface area (Å²) < 4.78 is 26.3. The van der Waals surface area contributed by atoms with Gasteiger partial charge in [-0.1, -0.05) is 36.7 Å². The minimum atomic E-state index is -0.686. The number of benzene rings is 1. The summed E-state index contributed by atoms with van der Waals surface area (Å²) in [7, 11) is 0. The molecule has 0 spiro atoms. The summed E-state index contributed by atoms with van der Waals surface area (Å²) in [6, 6.07) is 2.99. The first-order valence-electron chi connectivity index (χ1n) is 11.6. The smallest absolute Gasteiger partial charge is 0.319 e.